The molecule has 19 heavy (non-hydrogen) atoms. The molecule has 102 valence electrons. The van der Waals surface area contributed by atoms with Crippen molar-refractivity contribution in [1.29, 1.82) is 5.26 Å². The zero-order valence-electron chi connectivity index (χ0n) is 10.5. The van der Waals surface area contributed by atoms with Crippen LogP contribution in [0.25, 0.3) is 0 Å². The molecular formula is C12H15N3O4. The summed E-state index contributed by atoms with van der Waals surface area (Å²) in [7, 11) is 0. The van der Waals surface area contributed by atoms with Gasteiger partial charge in [0.15, 0.2) is 0 Å². The molecule has 2 heterocycles. The number of hydrogen-bond acceptors (Lipinski definition) is 5. The zero-order chi connectivity index (χ0) is 14.0. The van der Waals surface area contributed by atoms with Crippen molar-refractivity contribution in [2.45, 2.75) is 32.1 Å². The number of nitrogens with one attached hydrogen (secondary N) is 1. The highest BCUT2D eigenvalue weighted by atomic mass is 16.5. The number of aliphatic hydroxyl groups excluding tert-OH is 1. The highest BCUT2D eigenvalue weighted by Gasteiger charge is 2.36. The number of nitrogens with zero attached hydrogens (tertiary/aromatic N) is 2. The number of nitriles is 1. The van der Waals surface area contributed by atoms with Crippen molar-refractivity contribution in [2.75, 3.05) is 6.61 Å². The van der Waals surface area contributed by atoms with E-state index in [9.17, 15) is 14.7 Å². The maximum Gasteiger partial charge on any atom is 0.330 e. The van der Waals surface area contributed by atoms with Crippen LogP contribution in [0.15, 0.2) is 15.8 Å². The van der Waals surface area contributed by atoms with Crippen molar-refractivity contribution in [3.05, 3.63) is 32.6 Å². The van der Waals surface area contributed by atoms with Gasteiger partial charge < -0.3 is 9.84 Å². The second-order valence-corrected chi connectivity index (χ2v) is 4.65. The summed E-state index contributed by atoms with van der Waals surface area (Å²) >= 11 is 0. The summed E-state index contributed by atoms with van der Waals surface area (Å²) in [5.74, 6) is -0.112. The normalized spacial score (nSPS) is 26.3. The molecule has 0 aliphatic carbocycles. The van der Waals surface area contributed by atoms with Crippen molar-refractivity contribution in [3.8, 4) is 6.07 Å². The molecule has 0 spiro atoms. The molecule has 3 atom stereocenters. The minimum absolute atomic E-state index is 0.112. The Morgan fingerprint density at radius 3 is 3.00 bits per heavy atom. The molecule has 2 rings (SSSR count). The maximum atomic E-state index is 11.7. The van der Waals surface area contributed by atoms with Gasteiger partial charge in [0, 0.05) is 24.1 Å². The Balaban J connectivity index is 2.30. The smallest absolute Gasteiger partial charge is 0.330 e. The molecule has 0 saturated carbocycles. The van der Waals surface area contributed by atoms with E-state index in [-0.39, 0.29) is 18.9 Å². The van der Waals surface area contributed by atoms with E-state index in [0.29, 0.717) is 12.0 Å². The van der Waals surface area contributed by atoms with Crippen LogP contribution in [0.5, 0.6) is 0 Å². The number of ether oxygens (including phenoxy) is 1. The Bertz CT molecular complexity index is 613. The molecule has 0 aromatic carbocycles. The first-order chi connectivity index (χ1) is 9.06. The summed E-state index contributed by atoms with van der Waals surface area (Å²) in [6.45, 7) is 1.40. The first-order valence-electron chi connectivity index (χ1n) is 6.02. The van der Waals surface area contributed by atoms with E-state index < -0.39 is 23.6 Å². The van der Waals surface area contributed by atoms with Gasteiger partial charge in [0.25, 0.3) is 5.56 Å². The van der Waals surface area contributed by atoms with E-state index in [1.165, 1.54) is 10.8 Å². The van der Waals surface area contributed by atoms with Crippen LogP contribution >= 0.6 is 0 Å². The number of hydrogen-bond donors (Lipinski definition) is 2. The maximum absolute atomic E-state index is 11.7. The van der Waals surface area contributed by atoms with Gasteiger partial charge in [0.2, 0.25) is 0 Å². The fourth-order valence-corrected chi connectivity index (χ4v) is 2.28. The van der Waals surface area contributed by atoms with Gasteiger partial charge in [0.05, 0.1) is 18.8 Å². The number of aromatic nitrogens is 2. The molecule has 1 aliphatic heterocycles. The molecule has 7 nitrogen and oxygen atoms in total. The van der Waals surface area contributed by atoms with Crippen molar-refractivity contribution >= 4 is 0 Å². The van der Waals surface area contributed by atoms with Crippen LogP contribution < -0.4 is 11.2 Å². The Kier molecular flexibility index (Phi) is 3.83. The fraction of sp³-hybridized carbons (Fsp3) is 0.583. The Labute approximate surface area is 109 Å². The van der Waals surface area contributed by atoms with E-state index in [2.05, 4.69) is 4.98 Å². The third-order valence-corrected chi connectivity index (χ3v) is 3.35. The lowest BCUT2D eigenvalue weighted by molar-refractivity contribution is -0.0323. The molecule has 0 radical (unpaired) electrons. The minimum atomic E-state index is -0.557. The standard InChI is InChI=1S/C12H15N3O4/c1-7-5-15(12(18)14-11(7)17)10-4-8(2-3-13)9(6-16)19-10/h5,8-10,16H,2,4,6H2,1H3,(H,14,17,18)/t8-,9+,10+/m0/s1. The lowest BCUT2D eigenvalue weighted by Crippen LogP contribution is -2.33. The van der Waals surface area contributed by atoms with E-state index >= 15 is 0 Å². The molecule has 1 fully saturated rings. The van der Waals surface area contributed by atoms with Gasteiger partial charge in [-0.15, -0.1) is 0 Å². The summed E-state index contributed by atoms with van der Waals surface area (Å²) in [6, 6.07) is 2.04. The molecule has 2 N–H and O–H groups in total. The molecule has 1 aliphatic rings. The zero-order valence-corrected chi connectivity index (χ0v) is 10.5. The topological polar surface area (TPSA) is 108 Å². The number of aromatic amines is 1. The first kappa shape index (κ1) is 13.5. The predicted molar refractivity (Wildman–Crippen MR) is 65.4 cm³/mol. The number of rotatable bonds is 3. The molecule has 1 aromatic rings. The Morgan fingerprint density at radius 1 is 1.63 bits per heavy atom. The van der Waals surface area contributed by atoms with Gasteiger partial charge in [-0.2, -0.15) is 5.26 Å². The molecule has 1 aromatic heterocycles. The third kappa shape index (κ3) is 2.59. The molecule has 0 amide bonds. The van der Waals surface area contributed by atoms with Crippen LogP contribution in [-0.2, 0) is 4.74 Å². The molecule has 0 bridgehead atoms. The number of aliphatic hydroxyl groups is 1. The third-order valence-electron chi connectivity index (χ3n) is 3.35. The van der Waals surface area contributed by atoms with E-state index in [0.717, 1.165) is 0 Å². The highest BCUT2D eigenvalue weighted by molar-refractivity contribution is 5.02. The highest BCUT2D eigenvalue weighted by Crippen LogP contribution is 2.34. The van der Waals surface area contributed by atoms with Crippen LogP contribution in [0.4, 0.5) is 0 Å². The van der Waals surface area contributed by atoms with Crippen molar-refractivity contribution < 1.29 is 9.84 Å². The summed E-state index contributed by atoms with van der Waals surface area (Å²) in [5, 5.41) is 17.9. The van der Waals surface area contributed by atoms with Gasteiger partial charge in [-0.25, -0.2) is 4.79 Å². The summed E-state index contributed by atoms with van der Waals surface area (Å²) in [5.41, 5.74) is -0.561. The second-order valence-electron chi connectivity index (χ2n) is 4.65. The number of aryl methyl sites for hydroxylation is 1. The van der Waals surface area contributed by atoms with Gasteiger partial charge in [-0.1, -0.05) is 0 Å². The summed E-state index contributed by atoms with van der Waals surface area (Å²) in [4.78, 5) is 25.2. The lowest BCUT2D eigenvalue weighted by atomic mass is 9.98. The SMILES string of the molecule is Cc1cn([C@H]2C[C@H](CC#N)[C@@H](CO)O2)c(=O)[nH]c1=O. The quantitative estimate of drug-likeness (QED) is 0.777. The average Bonchev–Trinajstić information content (AvgIpc) is 2.77. The van der Waals surface area contributed by atoms with Crippen LogP contribution in [-0.4, -0.2) is 27.4 Å². The van der Waals surface area contributed by atoms with Crippen LogP contribution in [0, 0.1) is 24.2 Å². The fourth-order valence-electron chi connectivity index (χ4n) is 2.28. The average molecular weight is 265 g/mol. The van der Waals surface area contributed by atoms with Crippen LogP contribution in [0.2, 0.25) is 0 Å². The molecular weight excluding hydrogens is 250 g/mol. The van der Waals surface area contributed by atoms with E-state index in [1.54, 1.807) is 6.92 Å². The van der Waals surface area contributed by atoms with Crippen LogP contribution in [0.1, 0.15) is 24.6 Å². The van der Waals surface area contributed by atoms with E-state index in [1.807, 2.05) is 6.07 Å². The lowest BCUT2D eigenvalue weighted by Gasteiger charge is -2.15. The van der Waals surface area contributed by atoms with Crippen LogP contribution in [0.3, 0.4) is 0 Å². The van der Waals surface area contributed by atoms with Gasteiger partial charge in [-0.05, 0) is 13.3 Å². The van der Waals surface area contributed by atoms with Gasteiger partial charge in [-0.3, -0.25) is 14.3 Å². The molecule has 1 saturated heterocycles. The second kappa shape index (κ2) is 5.38. The predicted octanol–water partition coefficient (Wildman–Crippen LogP) is -0.345. The van der Waals surface area contributed by atoms with Crippen molar-refractivity contribution in [2.24, 2.45) is 5.92 Å². The van der Waals surface area contributed by atoms with Crippen molar-refractivity contribution in [1.82, 2.24) is 9.55 Å². The van der Waals surface area contributed by atoms with Crippen molar-refractivity contribution in [3.63, 3.8) is 0 Å². The Hall–Kier alpha value is -1.91. The molecule has 0 unspecified atom stereocenters. The first-order valence-corrected chi connectivity index (χ1v) is 6.02. The summed E-state index contributed by atoms with van der Waals surface area (Å²) in [6.07, 6.45) is 1.15. The monoisotopic (exact) mass is 265 g/mol. The number of H-pyrrole nitrogens is 1. The summed E-state index contributed by atoms with van der Waals surface area (Å²) < 4.78 is 6.88. The largest absolute Gasteiger partial charge is 0.394 e. The molecule has 7 heteroatoms. The van der Waals surface area contributed by atoms with Gasteiger partial charge >= 0.3 is 5.69 Å². The van der Waals surface area contributed by atoms with E-state index in [4.69, 9.17) is 10.00 Å². The Morgan fingerprint density at radius 2 is 2.37 bits per heavy atom. The minimum Gasteiger partial charge on any atom is -0.394 e. The van der Waals surface area contributed by atoms with Gasteiger partial charge in [0.1, 0.15) is 6.23 Å².